The number of primary amides is 1. The maximum Gasteiger partial charge on any atom is 0.358 e. The van der Waals surface area contributed by atoms with Crippen LogP contribution in [0.3, 0.4) is 0 Å². The topological polar surface area (TPSA) is 179 Å². The standard InChI is InChI=1S/C11H13N3O3.C10H12N4O2/c1-6-5-8(12-10(15)7-3-4-7)13-14-9(6)11(16)17-2;1-5-4-7(12-10(16)6-2-3-6)13-14-8(5)9(11)15/h5,7H,3-4H2,1-2H3,(H,12,13,15);4,6H,2-3H2,1H3,(H2,11,15)(H,12,13,16). The maximum atomic E-state index is 11.5. The summed E-state index contributed by atoms with van der Waals surface area (Å²) in [5, 5.41) is 20.2. The molecule has 0 spiro atoms. The van der Waals surface area contributed by atoms with E-state index >= 15 is 0 Å². The molecule has 2 aliphatic rings. The van der Waals surface area contributed by atoms with Crippen LogP contribution in [0.5, 0.6) is 0 Å². The molecule has 4 N–H and O–H groups in total. The van der Waals surface area contributed by atoms with Gasteiger partial charge in [0, 0.05) is 11.8 Å². The Morgan fingerprint density at radius 1 is 0.818 bits per heavy atom. The molecule has 0 bridgehead atoms. The van der Waals surface area contributed by atoms with Crippen molar-refractivity contribution in [1.29, 1.82) is 0 Å². The van der Waals surface area contributed by atoms with Crippen LogP contribution >= 0.6 is 0 Å². The molecule has 12 heteroatoms. The van der Waals surface area contributed by atoms with Gasteiger partial charge in [-0.25, -0.2) is 4.79 Å². The number of aromatic nitrogens is 4. The third-order valence-electron chi connectivity index (χ3n) is 4.98. The number of methoxy groups -OCH3 is 1. The van der Waals surface area contributed by atoms with Crippen molar-refractivity contribution in [3.8, 4) is 0 Å². The predicted molar refractivity (Wildman–Crippen MR) is 116 cm³/mol. The van der Waals surface area contributed by atoms with Crippen molar-refractivity contribution in [3.63, 3.8) is 0 Å². The SMILES string of the molecule is COC(=O)c1nnc(NC(=O)C2CC2)cc1C.Cc1cc(NC(=O)C2CC2)nnc1C(N)=O. The van der Waals surface area contributed by atoms with Crippen LogP contribution in [0, 0.1) is 25.7 Å². The van der Waals surface area contributed by atoms with E-state index in [1.807, 2.05) is 0 Å². The van der Waals surface area contributed by atoms with Gasteiger partial charge in [-0.1, -0.05) is 0 Å². The normalized spacial score (nSPS) is 14.4. The van der Waals surface area contributed by atoms with Gasteiger partial charge in [0.05, 0.1) is 7.11 Å². The van der Waals surface area contributed by atoms with Gasteiger partial charge < -0.3 is 21.1 Å². The molecular weight excluding hydrogens is 430 g/mol. The highest BCUT2D eigenvalue weighted by Crippen LogP contribution is 2.30. The summed E-state index contributed by atoms with van der Waals surface area (Å²) >= 11 is 0. The van der Waals surface area contributed by atoms with E-state index in [0.29, 0.717) is 22.8 Å². The number of carbonyl (C=O) groups excluding carboxylic acids is 4. The van der Waals surface area contributed by atoms with Crippen LogP contribution in [0.25, 0.3) is 0 Å². The molecule has 0 atom stereocenters. The molecule has 0 radical (unpaired) electrons. The van der Waals surface area contributed by atoms with Crippen LogP contribution in [0.1, 0.15) is 57.8 Å². The first-order chi connectivity index (χ1) is 15.7. The van der Waals surface area contributed by atoms with Gasteiger partial charge in [0.2, 0.25) is 11.8 Å². The Morgan fingerprint density at radius 2 is 1.24 bits per heavy atom. The molecule has 174 valence electrons. The van der Waals surface area contributed by atoms with Crippen molar-refractivity contribution in [2.24, 2.45) is 17.6 Å². The summed E-state index contributed by atoms with van der Waals surface area (Å²) in [6.07, 6.45) is 3.71. The highest BCUT2D eigenvalue weighted by Gasteiger charge is 2.30. The van der Waals surface area contributed by atoms with E-state index in [-0.39, 0.29) is 35.0 Å². The number of carbonyl (C=O) groups is 4. The molecular formula is C21H25N7O5. The third-order valence-corrected chi connectivity index (χ3v) is 4.98. The summed E-state index contributed by atoms with van der Waals surface area (Å²) in [5.74, 6) is -0.285. The number of hydrogen-bond donors (Lipinski definition) is 3. The summed E-state index contributed by atoms with van der Waals surface area (Å²) in [6.45, 7) is 3.41. The molecule has 2 saturated carbocycles. The summed E-state index contributed by atoms with van der Waals surface area (Å²) in [5.41, 5.74) is 6.62. The first kappa shape index (κ1) is 23.7. The molecule has 0 unspecified atom stereocenters. The summed E-state index contributed by atoms with van der Waals surface area (Å²) in [6, 6.07) is 3.20. The molecule has 4 rings (SSSR count). The van der Waals surface area contributed by atoms with Crippen molar-refractivity contribution in [2.45, 2.75) is 39.5 Å². The van der Waals surface area contributed by atoms with Crippen molar-refractivity contribution >= 4 is 35.3 Å². The lowest BCUT2D eigenvalue weighted by atomic mass is 10.2. The molecule has 2 aromatic rings. The van der Waals surface area contributed by atoms with Crippen LogP contribution < -0.4 is 16.4 Å². The van der Waals surface area contributed by atoms with Crippen molar-refractivity contribution in [1.82, 2.24) is 20.4 Å². The average molecular weight is 455 g/mol. The highest BCUT2D eigenvalue weighted by atomic mass is 16.5. The summed E-state index contributed by atoms with van der Waals surface area (Å²) in [4.78, 5) is 45.1. The largest absolute Gasteiger partial charge is 0.464 e. The van der Waals surface area contributed by atoms with Gasteiger partial charge in [-0.2, -0.15) is 0 Å². The van der Waals surface area contributed by atoms with Gasteiger partial charge in [0.1, 0.15) is 0 Å². The van der Waals surface area contributed by atoms with Gasteiger partial charge in [0.15, 0.2) is 23.0 Å². The van der Waals surface area contributed by atoms with Crippen LogP contribution in [0.2, 0.25) is 0 Å². The lowest BCUT2D eigenvalue weighted by molar-refractivity contribution is -0.118. The molecule has 2 heterocycles. The van der Waals surface area contributed by atoms with Gasteiger partial charge in [-0.05, 0) is 62.8 Å². The van der Waals surface area contributed by atoms with Crippen molar-refractivity contribution in [3.05, 3.63) is 34.6 Å². The predicted octanol–water partition coefficient (Wildman–Crippen LogP) is 1.15. The lowest BCUT2D eigenvalue weighted by Gasteiger charge is -2.05. The van der Waals surface area contributed by atoms with E-state index in [4.69, 9.17) is 5.73 Å². The van der Waals surface area contributed by atoms with Crippen LogP contribution in [0.4, 0.5) is 11.6 Å². The molecule has 2 fully saturated rings. The van der Waals surface area contributed by atoms with Gasteiger partial charge >= 0.3 is 5.97 Å². The minimum absolute atomic E-state index is 0.0375. The Kier molecular flexibility index (Phi) is 7.26. The number of anilines is 2. The number of amides is 3. The van der Waals surface area contributed by atoms with E-state index < -0.39 is 11.9 Å². The minimum atomic E-state index is -0.620. The van der Waals surface area contributed by atoms with E-state index in [2.05, 4.69) is 35.8 Å². The molecule has 3 amide bonds. The van der Waals surface area contributed by atoms with Crippen LogP contribution in [-0.4, -0.2) is 51.2 Å². The second-order valence-electron chi connectivity index (χ2n) is 7.91. The first-order valence-corrected chi connectivity index (χ1v) is 10.4. The second kappa shape index (κ2) is 10.1. The molecule has 2 aliphatic carbocycles. The van der Waals surface area contributed by atoms with E-state index in [0.717, 1.165) is 25.7 Å². The number of aryl methyl sites for hydroxylation is 2. The Hall–Kier alpha value is -3.96. The lowest BCUT2D eigenvalue weighted by Crippen LogP contribution is -2.19. The molecule has 0 saturated heterocycles. The number of nitrogens with zero attached hydrogens (tertiary/aromatic N) is 4. The van der Waals surface area contributed by atoms with Crippen molar-refractivity contribution in [2.75, 3.05) is 17.7 Å². The summed E-state index contributed by atoms with van der Waals surface area (Å²) in [7, 11) is 1.28. The number of hydrogen-bond acceptors (Lipinski definition) is 9. The Balaban J connectivity index is 0.000000186. The van der Waals surface area contributed by atoms with Crippen molar-refractivity contribution < 1.29 is 23.9 Å². The fourth-order valence-electron chi connectivity index (χ4n) is 2.78. The van der Waals surface area contributed by atoms with E-state index in [9.17, 15) is 19.2 Å². The third kappa shape index (κ3) is 6.51. The first-order valence-electron chi connectivity index (χ1n) is 10.4. The quantitative estimate of drug-likeness (QED) is 0.539. The van der Waals surface area contributed by atoms with Gasteiger partial charge in [-0.15, -0.1) is 20.4 Å². The molecule has 0 aliphatic heterocycles. The zero-order chi connectivity index (χ0) is 24.1. The number of esters is 1. The number of nitrogens with one attached hydrogen (secondary N) is 2. The van der Waals surface area contributed by atoms with E-state index in [1.54, 1.807) is 26.0 Å². The Morgan fingerprint density at radius 3 is 1.58 bits per heavy atom. The number of ether oxygens (including phenoxy) is 1. The zero-order valence-corrected chi connectivity index (χ0v) is 18.5. The second-order valence-corrected chi connectivity index (χ2v) is 7.91. The highest BCUT2D eigenvalue weighted by molar-refractivity contribution is 5.95. The maximum absolute atomic E-state index is 11.5. The van der Waals surface area contributed by atoms with Crippen LogP contribution in [0.15, 0.2) is 12.1 Å². The van der Waals surface area contributed by atoms with E-state index in [1.165, 1.54) is 7.11 Å². The monoisotopic (exact) mass is 455 g/mol. The molecule has 12 nitrogen and oxygen atoms in total. The van der Waals surface area contributed by atoms with Gasteiger partial charge in [0.25, 0.3) is 5.91 Å². The van der Waals surface area contributed by atoms with Gasteiger partial charge in [-0.3, -0.25) is 14.4 Å². The Bertz CT molecular complexity index is 1100. The molecule has 33 heavy (non-hydrogen) atoms. The molecule has 0 aromatic carbocycles. The fourth-order valence-corrected chi connectivity index (χ4v) is 2.78. The Labute approximate surface area is 189 Å². The summed E-state index contributed by atoms with van der Waals surface area (Å²) < 4.78 is 4.56. The number of rotatable bonds is 6. The zero-order valence-electron chi connectivity index (χ0n) is 18.5. The fraction of sp³-hybridized carbons (Fsp3) is 0.429. The minimum Gasteiger partial charge on any atom is -0.464 e. The molecule has 2 aromatic heterocycles. The number of nitrogens with two attached hydrogens (primary N) is 1. The smallest absolute Gasteiger partial charge is 0.358 e. The van der Waals surface area contributed by atoms with Crippen LogP contribution in [-0.2, 0) is 14.3 Å². The average Bonchev–Trinajstić information content (AvgIpc) is 3.65.